The van der Waals surface area contributed by atoms with Crippen molar-refractivity contribution in [1.82, 2.24) is 9.47 Å². The van der Waals surface area contributed by atoms with Gasteiger partial charge in [0, 0.05) is 36.4 Å². The van der Waals surface area contributed by atoms with Crippen LogP contribution in [0.5, 0.6) is 0 Å². The van der Waals surface area contributed by atoms with Crippen LogP contribution in [0, 0.1) is 11.8 Å². The summed E-state index contributed by atoms with van der Waals surface area (Å²) in [5.41, 5.74) is 7.40. The molecule has 0 spiro atoms. The molecule has 2 heterocycles. The predicted octanol–water partition coefficient (Wildman–Crippen LogP) is 2.36. The van der Waals surface area contributed by atoms with Crippen LogP contribution in [-0.4, -0.2) is 34.5 Å². The first-order valence-electron chi connectivity index (χ1n) is 9.01. The van der Waals surface area contributed by atoms with Crippen molar-refractivity contribution in [3.63, 3.8) is 0 Å². The molecule has 2 aliphatic rings. The second kappa shape index (κ2) is 6.89. The first-order valence-corrected chi connectivity index (χ1v) is 9.39. The van der Waals surface area contributed by atoms with Gasteiger partial charge in [-0.05, 0) is 42.4 Å². The number of likely N-dealkylation sites (tertiary alicyclic amines) is 1. The summed E-state index contributed by atoms with van der Waals surface area (Å²) in [6.07, 6.45) is 3.80. The Morgan fingerprint density at radius 2 is 1.96 bits per heavy atom. The fourth-order valence-corrected chi connectivity index (χ4v) is 4.44. The summed E-state index contributed by atoms with van der Waals surface area (Å²) in [6.45, 7) is 1.82. The molecule has 26 heavy (non-hydrogen) atoms. The van der Waals surface area contributed by atoms with Gasteiger partial charge in [0.1, 0.15) is 0 Å². The summed E-state index contributed by atoms with van der Waals surface area (Å²) >= 11 is 6.20. The Kier molecular flexibility index (Phi) is 4.59. The van der Waals surface area contributed by atoms with Crippen LogP contribution in [0.3, 0.4) is 0 Å². The Hall–Kier alpha value is -2.11. The van der Waals surface area contributed by atoms with Crippen molar-refractivity contribution in [1.29, 1.82) is 0 Å². The van der Waals surface area contributed by atoms with E-state index in [-0.39, 0.29) is 17.5 Å². The molecule has 1 aliphatic carbocycles. The highest BCUT2D eigenvalue weighted by Gasteiger charge is 2.42. The largest absolute Gasteiger partial charge is 0.338 e. The Morgan fingerprint density at radius 1 is 1.15 bits per heavy atom. The van der Waals surface area contributed by atoms with Gasteiger partial charge in [0.2, 0.25) is 0 Å². The lowest BCUT2D eigenvalue weighted by molar-refractivity contribution is 0.0778. The Bertz CT molecular complexity index is 895. The van der Waals surface area contributed by atoms with E-state index < -0.39 is 0 Å². The average molecular weight is 372 g/mol. The van der Waals surface area contributed by atoms with Crippen molar-refractivity contribution < 1.29 is 4.79 Å². The van der Waals surface area contributed by atoms with Gasteiger partial charge in [0.15, 0.2) is 0 Å². The summed E-state index contributed by atoms with van der Waals surface area (Å²) in [5, 5.41) is 0.609. The molecular formula is C20H22ClN3O2. The SMILES string of the molecule is NC1CCC2CN(C(=O)c3ccc(=O)n(Cc4ccccc4Cl)c3)CC12. The Morgan fingerprint density at radius 3 is 2.73 bits per heavy atom. The fourth-order valence-electron chi connectivity index (χ4n) is 4.25. The van der Waals surface area contributed by atoms with Crippen molar-refractivity contribution >= 4 is 17.5 Å². The Balaban J connectivity index is 1.55. The molecule has 3 atom stereocenters. The normalized spacial score (nSPS) is 24.7. The second-order valence-corrected chi connectivity index (χ2v) is 7.76. The van der Waals surface area contributed by atoms with Gasteiger partial charge in [0.25, 0.3) is 11.5 Å². The number of rotatable bonds is 3. The van der Waals surface area contributed by atoms with Gasteiger partial charge in [-0.3, -0.25) is 9.59 Å². The number of aromatic nitrogens is 1. The van der Waals surface area contributed by atoms with Gasteiger partial charge in [-0.25, -0.2) is 0 Å². The lowest BCUT2D eigenvalue weighted by Crippen LogP contribution is -2.34. The van der Waals surface area contributed by atoms with E-state index in [0.29, 0.717) is 35.5 Å². The molecule has 1 amide bonds. The van der Waals surface area contributed by atoms with E-state index in [1.165, 1.54) is 10.6 Å². The van der Waals surface area contributed by atoms with Crippen molar-refractivity contribution in [3.05, 3.63) is 69.1 Å². The Labute approximate surface area is 157 Å². The van der Waals surface area contributed by atoms with E-state index in [1.807, 2.05) is 23.1 Å². The third-order valence-electron chi connectivity index (χ3n) is 5.73. The maximum Gasteiger partial charge on any atom is 0.255 e. The van der Waals surface area contributed by atoms with Crippen LogP contribution in [0.15, 0.2) is 47.4 Å². The van der Waals surface area contributed by atoms with Crippen molar-refractivity contribution in [3.8, 4) is 0 Å². The highest BCUT2D eigenvalue weighted by atomic mass is 35.5. The molecule has 1 aliphatic heterocycles. The van der Waals surface area contributed by atoms with Crippen molar-refractivity contribution in [2.45, 2.75) is 25.4 Å². The zero-order valence-electron chi connectivity index (χ0n) is 14.5. The molecule has 3 unspecified atom stereocenters. The van der Waals surface area contributed by atoms with Crippen LogP contribution in [0.2, 0.25) is 5.02 Å². The van der Waals surface area contributed by atoms with E-state index in [4.69, 9.17) is 17.3 Å². The van der Waals surface area contributed by atoms with Gasteiger partial charge in [-0.15, -0.1) is 0 Å². The lowest BCUT2D eigenvalue weighted by atomic mass is 9.98. The number of nitrogens with zero attached hydrogens (tertiary/aromatic N) is 2. The van der Waals surface area contributed by atoms with Gasteiger partial charge in [-0.2, -0.15) is 0 Å². The first-order chi connectivity index (χ1) is 12.5. The molecule has 0 bridgehead atoms. The molecule has 1 saturated carbocycles. The van der Waals surface area contributed by atoms with Crippen molar-refractivity contribution in [2.24, 2.45) is 17.6 Å². The number of carbonyl (C=O) groups is 1. The monoisotopic (exact) mass is 371 g/mol. The third-order valence-corrected chi connectivity index (χ3v) is 6.10. The molecule has 2 N–H and O–H groups in total. The molecule has 1 saturated heterocycles. The number of fused-ring (bicyclic) bond motifs is 1. The minimum absolute atomic E-state index is 0.0282. The van der Waals surface area contributed by atoms with Crippen LogP contribution >= 0.6 is 11.6 Å². The zero-order valence-corrected chi connectivity index (χ0v) is 15.2. The second-order valence-electron chi connectivity index (χ2n) is 7.35. The average Bonchev–Trinajstić information content (AvgIpc) is 3.20. The molecule has 5 nitrogen and oxygen atoms in total. The van der Waals surface area contributed by atoms with Gasteiger partial charge in [0.05, 0.1) is 12.1 Å². The predicted molar refractivity (Wildman–Crippen MR) is 101 cm³/mol. The number of benzene rings is 1. The maximum atomic E-state index is 12.9. The molecule has 2 aromatic rings. The number of hydrogen-bond donors (Lipinski definition) is 1. The summed E-state index contributed by atoms with van der Waals surface area (Å²) in [6, 6.07) is 10.7. The van der Waals surface area contributed by atoms with E-state index in [9.17, 15) is 9.59 Å². The molecule has 136 valence electrons. The summed E-state index contributed by atoms with van der Waals surface area (Å²) in [7, 11) is 0. The molecule has 4 rings (SSSR count). The molecule has 1 aromatic heterocycles. The van der Waals surface area contributed by atoms with Crippen LogP contribution in [0.1, 0.15) is 28.8 Å². The minimum Gasteiger partial charge on any atom is -0.338 e. The van der Waals surface area contributed by atoms with Crippen LogP contribution in [-0.2, 0) is 6.54 Å². The van der Waals surface area contributed by atoms with E-state index in [2.05, 4.69) is 0 Å². The van der Waals surface area contributed by atoms with Crippen molar-refractivity contribution in [2.75, 3.05) is 13.1 Å². The van der Waals surface area contributed by atoms with E-state index >= 15 is 0 Å². The summed E-state index contributed by atoms with van der Waals surface area (Å²) in [5.74, 6) is 0.899. The van der Waals surface area contributed by atoms with Gasteiger partial charge >= 0.3 is 0 Å². The number of pyridine rings is 1. The zero-order chi connectivity index (χ0) is 18.3. The van der Waals surface area contributed by atoms with Crippen LogP contribution in [0.25, 0.3) is 0 Å². The first kappa shape index (κ1) is 17.3. The number of nitrogens with two attached hydrogens (primary N) is 1. The third kappa shape index (κ3) is 3.17. The standard InChI is InChI=1S/C20H22ClN3O2/c21-17-4-2-1-3-14(17)10-23-11-15(6-8-19(23)25)20(26)24-9-13-5-7-18(22)16(13)12-24/h1-4,6,8,11,13,16,18H,5,7,9-10,12,22H2. The highest BCUT2D eigenvalue weighted by Crippen LogP contribution is 2.37. The molecule has 6 heteroatoms. The molecule has 2 fully saturated rings. The number of amides is 1. The topological polar surface area (TPSA) is 68.3 Å². The molecular weight excluding hydrogens is 350 g/mol. The smallest absolute Gasteiger partial charge is 0.255 e. The quantitative estimate of drug-likeness (QED) is 0.900. The summed E-state index contributed by atoms with van der Waals surface area (Å²) in [4.78, 5) is 27.0. The summed E-state index contributed by atoms with van der Waals surface area (Å²) < 4.78 is 1.54. The molecule has 1 aromatic carbocycles. The number of halogens is 1. The van der Waals surface area contributed by atoms with E-state index in [1.54, 1.807) is 18.3 Å². The number of carbonyl (C=O) groups excluding carboxylic acids is 1. The fraction of sp³-hybridized carbons (Fsp3) is 0.400. The number of hydrogen-bond acceptors (Lipinski definition) is 3. The van der Waals surface area contributed by atoms with Crippen LogP contribution in [0.4, 0.5) is 0 Å². The van der Waals surface area contributed by atoms with E-state index in [0.717, 1.165) is 24.9 Å². The minimum atomic E-state index is -0.151. The van der Waals surface area contributed by atoms with Gasteiger partial charge < -0.3 is 15.2 Å². The molecule has 0 radical (unpaired) electrons. The lowest BCUT2D eigenvalue weighted by Gasteiger charge is -2.19. The maximum absolute atomic E-state index is 12.9. The van der Waals surface area contributed by atoms with Gasteiger partial charge in [-0.1, -0.05) is 29.8 Å². The van der Waals surface area contributed by atoms with Crippen LogP contribution < -0.4 is 11.3 Å². The highest BCUT2D eigenvalue weighted by molar-refractivity contribution is 6.31.